The van der Waals surface area contributed by atoms with Crippen LogP contribution in [0.15, 0.2) is 59.2 Å². The summed E-state index contributed by atoms with van der Waals surface area (Å²) in [5, 5.41) is 14.2. The number of carbonyl (C=O) groups excluding carboxylic acids is 2. The third kappa shape index (κ3) is 4.16. The molecule has 8 nitrogen and oxygen atoms in total. The van der Waals surface area contributed by atoms with Crippen molar-refractivity contribution >= 4 is 35.3 Å². The first kappa shape index (κ1) is 19.8. The summed E-state index contributed by atoms with van der Waals surface area (Å²) in [4.78, 5) is 36.3. The Bertz CT molecular complexity index is 1010. The summed E-state index contributed by atoms with van der Waals surface area (Å²) >= 11 is 0. The molecule has 0 saturated heterocycles. The van der Waals surface area contributed by atoms with Crippen LogP contribution in [0.4, 0.5) is 5.69 Å². The molecule has 0 aliphatic carbocycles. The summed E-state index contributed by atoms with van der Waals surface area (Å²) < 4.78 is 10.1. The number of carboxylic acids is 1. The van der Waals surface area contributed by atoms with E-state index >= 15 is 0 Å². The predicted octanol–water partition coefficient (Wildman–Crippen LogP) is 2.74. The molecule has 1 amide bonds. The Labute approximate surface area is 166 Å². The standard InChI is InChI=1S/C21H18N2O6/c1-3-29-21(27)18-17(12-13-4-10-16(28-2)11-5-13)19(24)23(22-18)15-8-6-14(7-9-15)20(25)26/h4-12H,3H2,1-2H3,(H,25,26). The lowest BCUT2D eigenvalue weighted by atomic mass is 10.1. The van der Waals surface area contributed by atoms with E-state index in [0.29, 0.717) is 17.0 Å². The molecule has 0 fully saturated rings. The molecule has 0 saturated carbocycles. The van der Waals surface area contributed by atoms with Gasteiger partial charge in [0.15, 0.2) is 5.71 Å². The molecule has 0 aromatic heterocycles. The molecule has 8 heteroatoms. The SMILES string of the molecule is CCOC(=O)C1=NN(c2ccc(C(=O)O)cc2)C(=O)C1=Cc1ccc(OC)cc1. The Morgan fingerprint density at radius 2 is 1.76 bits per heavy atom. The molecule has 3 rings (SSSR count). The summed E-state index contributed by atoms with van der Waals surface area (Å²) in [7, 11) is 1.55. The number of amides is 1. The van der Waals surface area contributed by atoms with Gasteiger partial charge in [-0.2, -0.15) is 10.1 Å². The zero-order chi connectivity index (χ0) is 21.0. The van der Waals surface area contributed by atoms with Crippen molar-refractivity contribution in [3.05, 3.63) is 65.2 Å². The number of benzene rings is 2. The molecule has 1 aliphatic rings. The average Bonchev–Trinajstić information content (AvgIpc) is 3.05. The van der Waals surface area contributed by atoms with Gasteiger partial charge in [0.2, 0.25) is 0 Å². The summed E-state index contributed by atoms with van der Waals surface area (Å²) in [5.74, 6) is -1.67. The second-order valence-electron chi connectivity index (χ2n) is 5.97. The van der Waals surface area contributed by atoms with Crippen molar-refractivity contribution in [2.75, 3.05) is 18.7 Å². The predicted molar refractivity (Wildman–Crippen MR) is 106 cm³/mol. The lowest BCUT2D eigenvalue weighted by Gasteiger charge is -2.11. The zero-order valence-electron chi connectivity index (χ0n) is 15.8. The molecule has 1 N–H and O–H groups in total. The van der Waals surface area contributed by atoms with Crippen LogP contribution < -0.4 is 9.75 Å². The van der Waals surface area contributed by atoms with Crippen molar-refractivity contribution in [1.29, 1.82) is 0 Å². The number of carbonyl (C=O) groups is 3. The van der Waals surface area contributed by atoms with Gasteiger partial charge < -0.3 is 14.6 Å². The molecule has 0 unspecified atom stereocenters. The zero-order valence-corrected chi connectivity index (χ0v) is 15.8. The smallest absolute Gasteiger partial charge is 0.359 e. The van der Waals surface area contributed by atoms with E-state index in [-0.39, 0.29) is 23.5 Å². The highest BCUT2D eigenvalue weighted by molar-refractivity contribution is 6.54. The number of nitrogens with zero attached hydrogens (tertiary/aromatic N) is 2. The van der Waals surface area contributed by atoms with Gasteiger partial charge in [-0.3, -0.25) is 4.79 Å². The third-order valence-electron chi connectivity index (χ3n) is 4.13. The van der Waals surface area contributed by atoms with Crippen LogP contribution in [0.2, 0.25) is 0 Å². The van der Waals surface area contributed by atoms with Crippen molar-refractivity contribution in [3.63, 3.8) is 0 Å². The molecule has 148 valence electrons. The Kier molecular flexibility index (Phi) is 5.73. The highest BCUT2D eigenvalue weighted by Gasteiger charge is 2.36. The van der Waals surface area contributed by atoms with Crippen molar-refractivity contribution in [2.45, 2.75) is 6.92 Å². The molecule has 0 bridgehead atoms. The van der Waals surface area contributed by atoms with E-state index in [0.717, 1.165) is 5.01 Å². The first-order valence-electron chi connectivity index (χ1n) is 8.74. The Morgan fingerprint density at radius 3 is 2.31 bits per heavy atom. The van der Waals surface area contributed by atoms with Gasteiger partial charge in [0.1, 0.15) is 5.75 Å². The molecule has 2 aromatic carbocycles. The first-order valence-corrected chi connectivity index (χ1v) is 8.74. The Balaban J connectivity index is 1.99. The van der Waals surface area contributed by atoms with Gasteiger partial charge in [0, 0.05) is 0 Å². The van der Waals surface area contributed by atoms with Crippen molar-refractivity contribution < 1.29 is 29.0 Å². The van der Waals surface area contributed by atoms with Crippen LogP contribution in [-0.4, -0.2) is 42.4 Å². The van der Waals surface area contributed by atoms with Gasteiger partial charge in [-0.05, 0) is 55.0 Å². The van der Waals surface area contributed by atoms with E-state index in [4.69, 9.17) is 14.6 Å². The highest BCUT2D eigenvalue weighted by Crippen LogP contribution is 2.26. The van der Waals surface area contributed by atoms with Gasteiger partial charge in [0.05, 0.1) is 30.5 Å². The van der Waals surface area contributed by atoms with Crippen molar-refractivity contribution in [2.24, 2.45) is 5.10 Å². The van der Waals surface area contributed by atoms with Crippen LogP contribution in [0.1, 0.15) is 22.8 Å². The third-order valence-corrected chi connectivity index (χ3v) is 4.13. The van der Waals surface area contributed by atoms with Gasteiger partial charge in [0.25, 0.3) is 5.91 Å². The first-order chi connectivity index (χ1) is 13.9. The van der Waals surface area contributed by atoms with E-state index in [1.807, 2.05) is 0 Å². The van der Waals surface area contributed by atoms with Crippen LogP contribution >= 0.6 is 0 Å². The summed E-state index contributed by atoms with van der Waals surface area (Å²) in [6.45, 7) is 1.79. The van der Waals surface area contributed by atoms with Gasteiger partial charge in [-0.25, -0.2) is 9.59 Å². The fourth-order valence-corrected chi connectivity index (χ4v) is 2.68. The van der Waals surface area contributed by atoms with E-state index in [2.05, 4.69) is 5.10 Å². The number of hydrogen-bond acceptors (Lipinski definition) is 6. The second-order valence-corrected chi connectivity index (χ2v) is 5.97. The minimum Gasteiger partial charge on any atom is -0.497 e. The van der Waals surface area contributed by atoms with Crippen LogP contribution in [0.25, 0.3) is 6.08 Å². The Hall–Kier alpha value is -3.94. The lowest BCUT2D eigenvalue weighted by Crippen LogP contribution is -2.23. The van der Waals surface area contributed by atoms with E-state index < -0.39 is 17.8 Å². The number of ether oxygens (including phenoxy) is 2. The quantitative estimate of drug-likeness (QED) is 0.597. The number of hydrogen-bond donors (Lipinski definition) is 1. The fraction of sp³-hybridized carbons (Fsp3) is 0.143. The number of anilines is 1. The topological polar surface area (TPSA) is 106 Å². The summed E-state index contributed by atoms with van der Waals surface area (Å²) in [5.41, 5.74) is 1.05. The number of rotatable bonds is 6. The van der Waals surface area contributed by atoms with Crippen LogP contribution in [0, 0.1) is 0 Å². The molecular formula is C21H18N2O6. The van der Waals surface area contributed by atoms with E-state index in [1.165, 1.54) is 24.3 Å². The molecule has 2 aromatic rings. The minimum atomic E-state index is -1.08. The van der Waals surface area contributed by atoms with Crippen molar-refractivity contribution in [3.8, 4) is 5.75 Å². The van der Waals surface area contributed by atoms with Crippen LogP contribution in [-0.2, 0) is 14.3 Å². The highest BCUT2D eigenvalue weighted by atomic mass is 16.5. The summed E-state index contributed by atoms with van der Waals surface area (Å²) in [6.07, 6.45) is 1.54. The normalized spacial score (nSPS) is 14.7. The number of esters is 1. The Morgan fingerprint density at radius 1 is 1.10 bits per heavy atom. The molecule has 1 heterocycles. The van der Waals surface area contributed by atoms with E-state index in [9.17, 15) is 14.4 Å². The molecule has 0 atom stereocenters. The maximum atomic E-state index is 13.0. The van der Waals surface area contributed by atoms with Gasteiger partial charge >= 0.3 is 11.9 Å². The molecular weight excluding hydrogens is 376 g/mol. The fourth-order valence-electron chi connectivity index (χ4n) is 2.68. The number of aromatic carboxylic acids is 1. The number of methoxy groups -OCH3 is 1. The van der Waals surface area contributed by atoms with Crippen LogP contribution in [0.3, 0.4) is 0 Å². The van der Waals surface area contributed by atoms with Crippen molar-refractivity contribution in [1.82, 2.24) is 0 Å². The largest absolute Gasteiger partial charge is 0.497 e. The van der Waals surface area contributed by atoms with Crippen LogP contribution in [0.5, 0.6) is 5.75 Å². The summed E-state index contributed by atoms with van der Waals surface area (Å²) in [6, 6.07) is 12.6. The maximum absolute atomic E-state index is 13.0. The maximum Gasteiger partial charge on any atom is 0.359 e. The monoisotopic (exact) mass is 394 g/mol. The van der Waals surface area contributed by atoms with Gasteiger partial charge in [-0.1, -0.05) is 12.1 Å². The average molecular weight is 394 g/mol. The number of hydrazone groups is 1. The molecule has 1 aliphatic heterocycles. The second kappa shape index (κ2) is 8.39. The van der Waals surface area contributed by atoms with E-state index in [1.54, 1.807) is 44.4 Å². The minimum absolute atomic E-state index is 0.0731. The molecule has 29 heavy (non-hydrogen) atoms. The molecule has 0 radical (unpaired) electrons. The number of carboxylic acid groups (broad SMARTS) is 1. The van der Waals surface area contributed by atoms with Gasteiger partial charge in [-0.15, -0.1) is 0 Å². The lowest BCUT2D eigenvalue weighted by molar-refractivity contribution is -0.135. The molecule has 0 spiro atoms.